The van der Waals surface area contributed by atoms with Gasteiger partial charge in [0.15, 0.2) is 0 Å². The first kappa shape index (κ1) is 14.0. The van der Waals surface area contributed by atoms with E-state index in [0.29, 0.717) is 5.41 Å². The molecule has 0 saturated heterocycles. The van der Waals surface area contributed by atoms with Crippen LogP contribution in [0.1, 0.15) is 66.7 Å². The van der Waals surface area contributed by atoms with Crippen molar-refractivity contribution in [2.24, 2.45) is 17.3 Å². The summed E-state index contributed by atoms with van der Waals surface area (Å²) in [5.74, 6) is 1.69. The largest absolute Gasteiger partial charge is 0.313 e. The van der Waals surface area contributed by atoms with E-state index in [-0.39, 0.29) is 0 Å². The second-order valence-corrected chi connectivity index (χ2v) is 6.73. The van der Waals surface area contributed by atoms with Gasteiger partial charge in [0.25, 0.3) is 0 Å². The van der Waals surface area contributed by atoms with Gasteiger partial charge in [0.2, 0.25) is 0 Å². The van der Waals surface area contributed by atoms with Gasteiger partial charge in [0, 0.05) is 6.04 Å². The fourth-order valence-electron chi connectivity index (χ4n) is 2.60. The second kappa shape index (κ2) is 6.05. The Morgan fingerprint density at radius 2 is 1.81 bits per heavy atom. The van der Waals surface area contributed by atoms with Crippen LogP contribution < -0.4 is 5.32 Å². The van der Waals surface area contributed by atoms with Crippen LogP contribution in [0.15, 0.2) is 0 Å². The molecule has 1 heteroatoms. The van der Waals surface area contributed by atoms with E-state index in [2.05, 4.69) is 39.9 Å². The maximum Gasteiger partial charge on any atom is 0.00953 e. The van der Waals surface area contributed by atoms with Gasteiger partial charge in [-0.15, -0.1) is 0 Å². The Morgan fingerprint density at radius 3 is 2.38 bits per heavy atom. The predicted octanol–water partition coefficient (Wildman–Crippen LogP) is 4.23. The van der Waals surface area contributed by atoms with Gasteiger partial charge >= 0.3 is 0 Å². The highest BCUT2D eigenvalue weighted by Crippen LogP contribution is 2.28. The minimum Gasteiger partial charge on any atom is -0.313 e. The van der Waals surface area contributed by atoms with E-state index >= 15 is 0 Å². The smallest absolute Gasteiger partial charge is 0.00953 e. The fourth-order valence-corrected chi connectivity index (χ4v) is 2.60. The van der Waals surface area contributed by atoms with Gasteiger partial charge in [0.05, 0.1) is 0 Å². The molecule has 0 aromatic rings. The number of nitrogens with one attached hydrogen (secondary N) is 1. The third kappa shape index (κ3) is 4.08. The summed E-state index contributed by atoms with van der Waals surface area (Å²) in [6.07, 6.45) is 7.07. The van der Waals surface area contributed by atoms with Crippen molar-refractivity contribution in [3.63, 3.8) is 0 Å². The maximum atomic E-state index is 3.83. The number of hydrogen-bond donors (Lipinski definition) is 1. The van der Waals surface area contributed by atoms with Crippen LogP contribution in [-0.2, 0) is 0 Å². The lowest BCUT2D eigenvalue weighted by molar-refractivity contribution is 0.205. The molecule has 0 amide bonds. The normalized spacial score (nSPS) is 29.1. The molecule has 0 bridgehead atoms. The summed E-state index contributed by atoms with van der Waals surface area (Å²) in [7, 11) is 0. The first-order valence-electron chi connectivity index (χ1n) is 7.18. The Bertz CT molecular complexity index is 192. The summed E-state index contributed by atoms with van der Waals surface area (Å²) in [6.45, 7) is 12.9. The second-order valence-electron chi connectivity index (χ2n) is 6.73. The predicted molar refractivity (Wildman–Crippen MR) is 72.7 cm³/mol. The van der Waals surface area contributed by atoms with Gasteiger partial charge in [0.1, 0.15) is 0 Å². The molecule has 0 aromatic heterocycles. The van der Waals surface area contributed by atoms with E-state index in [4.69, 9.17) is 0 Å². The molecule has 1 fully saturated rings. The van der Waals surface area contributed by atoms with Crippen molar-refractivity contribution in [1.29, 1.82) is 0 Å². The first-order valence-corrected chi connectivity index (χ1v) is 7.18. The third-order valence-corrected chi connectivity index (χ3v) is 4.60. The van der Waals surface area contributed by atoms with Crippen LogP contribution in [0.3, 0.4) is 0 Å². The highest BCUT2D eigenvalue weighted by Gasteiger charge is 2.25. The molecule has 1 aliphatic carbocycles. The van der Waals surface area contributed by atoms with Crippen molar-refractivity contribution in [2.75, 3.05) is 6.54 Å². The molecule has 3 unspecified atom stereocenters. The first-order chi connectivity index (χ1) is 7.45. The molecule has 0 heterocycles. The minimum absolute atomic E-state index is 0.434. The monoisotopic (exact) mass is 225 g/mol. The van der Waals surface area contributed by atoms with Crippen molar-refractivity contribution in [1.82, 2.24) is 5.32 Å². The summed E-state index contributed by atoms with van der Waals surface area (Å²) in [6, 6.07) is 0.795. The van der Waals surface area contributed by atoms with Crippen molar-refractivity contribution in [3.05, 3.63) is 0 Å². The third-order valence-electron chi connectivity index (χ3n) is 4.60. The molecule has 1 nitrogen and oxygen atoms in total. The van der Waals surface area contributed by atoms with E-state index in [1.165, 1.54) is 38.6 Å². The quantitative estimate of drug-likeness (QED) is 0.755. The standard InChI is InChI=1S/C15H31N/c1-6-13-9-7-8-10-14(13)16-11-12(2)15(3,4)5/h12-14,16H,6-11H2,1-5H3. The zero-order valence-corrected chi connectivity index (χ0v) is 12.0. The van der Waals surface area contributed by atoms with Crippen molar-refractivity contribution in [2.45, 2.75) is 72.8 Å². The van der Waals surface area contributed by atoms with Crippen molar-refractivity contribution in [3.8, 4) is 0 Å². The lowest BCUT2D eigenvalue weighted by Gasteiger charge is -2.35. The molecule has 0 aliphatic heterocycles. The highest BCUT2D eigenvalue weighted by atomic mass is 14.9. The number of rotatable bonds is 4. The maximum absolute atomic E-state index is 3.83. The van der Waals surface area contributed by atoms with Crippen LogP contribution in [0.2, 0.25) is 0 Å². The van der Waals surface area contributed by atoms with Crippen LogP contribution in [0, 0.1) is 17.3 Å². The van der Waals surface area contributed by atoms with Crippen LogP contribution >= 0.6 is 0 Å². The fraction of sp³-hybridized carbons (Fsp3) is 1.00. The van der Waals surface area contributed by atoms with Gasteiger partial charge in [-0.1, -0.05) is 53.9 Å². The van der Waals surface area contributed by atoms with E-state index in [1.807, 2.05) is 0 Å². The average Bonchev–Trinajstić information content (AvgIpc) is 2.24. The lowest BCUT2D eigenvalue weighted by Crippen LogP contribution is -2.42. The molecule has 0 aromatic carbocycles. The van der Waals surface area contributed by atoms with Crippen LogP contribution in [0.25, 0.3) is 0 Å². The molecule has 96 valence electrons. The molecule has 1 aliphatic rings. The SMILES string of the molecule is CCC1CCCCC1NCC(C)C(C)(C)C. The van der Waals surface area contributed by atoms with Gasteiger partial charge in [-0.2, -0.15) is 0 Å². The van der Waals surface area contributed by atoms with Crippen molar-refractivity contribution < 1.29 is 0 Å². The summed E-state index contributed by atoms with van der Waals surface area (Å²) in [5, 5.41) is 3.83. The molecule has 3 atom stereocenters. The zero-order valence-electron chi connectivity index (χ0n) is 12.0. The molecule has 1 rings (SSSR count). The number of hydrogen-bond acceptors (Lipinski definition) is 1. The van der Waals surface area contributed by atoms with Gasteiger partial charge < -0.3 is 5.32 Å². The van der Waals surface area contributed by atoms with Gasteiger partial charge in [-0.25, -0.2) is 0 Å². The average molecular weight is 225 g/mol. The Kier molecular flexibility index (Phi) is 5.30. The molecule has 1 N–H and O–H groups in total. The summed E-state index contributed by atoms with van der Waals surface area (Å²) < 4.78 is 0. The highest BCUT2D eigenvalue weighted by molar-refractivity contribution is 4.82. The van der Waals surface area contributed by atoms with E-state index in [9.17, 15) is 0 Å². The van der Waals surface area contributed by atoms with E-state index < -0.39 is 0 Å². The Labute approximate surface area is 102 Å². The Balaban J connectivity index is 2.35. The molecule has 0 radical (unpaired) electrons. The van der Waals surface area contributed by atoms with Crippen LogP contribution in [-0.4, -0.2) is 12.6 Å². The summed E-state index contributed by atoms with van der Waals surface area (Å²) >= 11 is 0. The molecular weight excluding hydrogens is 194 g/mol. The van der Waals surface area contributed by atoms with Gasteiger partial charge in [-0.05, 0) is 36.6 Å². The Hall–Kier alpha value is -0.0400. The Morgan fingerprint density at radius 1 is 1.19 bits per heavy atom. The topological polar surface area (TPSA) is 12.0 Å². The summed E-state index contributed by atoms with van der Waals surface area (Å²) in [4.78, 5) is 0. The minimum atomic E-state index is 0.434. The van der Waals surface area contributed by atoms with Crippen LogP contribution in [0.4, 0.5) is 0 Å². The molecule has 1 saturated carbocycles. The molecular formula is C15H31N. The molecule has 0 spiro atoms. The van der Waals surface area contributed by atoms with E-state index in [1.54, 1.807) is 0 Å². The lowest BCUT2D eigenvalue weighted by atomic mass is 9.80. The molecule has 16 heavy (non-hydrogen) atoms. The summed E-state index contributed by atoms with van der Waals surface area (Å²) in [5.41, 5.74) is 0.434. The van der Waals surface area contributed by atoms with E-state index in [0.717, 1.165) is 17.9 Å². The zero-order chi connectivity index (χ0) is 12.2. The van der Waals surface area contributed by atoms with Crippen molar-refractivity contribution >= 4 is 0 Å². The van der Waals surface area contributed by atoms with Gasteiger partial charge in [-0.3, -0.25) is 0 Å². The van der Waals surface area contributed by atoms with Crippen LogP contribution in [0.5, 0.6) is 0 Å².